The van der Waals surface area contributed by atoms with Crippen LogP contribution in [0.2, 0.25) is 0 Å². The minimum absolute atomic E-state index is 0. The topological polar surface area (TPSA) is 60.0 Å². The Hall–Kier alpha value is -1.29. The van der Waals surface area contributed by atoms with Crippen LogP contribution < -0.4 is 15.5 Å². The fraction of sp³-hybridized carbons (Fsp3) is 0.529. The molecule has 2 N–H and O–H groups in total. The predicted molar refractivity (Wildman–Crippen MR) is 117 cm³/mol. The number of halogens is 1. The molecule has 1 aromatic heterocycles. The minimum Gasteiger partial charge on any atom is -0.363 e. The highest BCUT2D eigenvalue weighted by Gasteiger charge is 2.20. The molecule has 0 bridgehead atoms. The molecule has 0 spiro atoms. The van der Waals surface area contributed by atoms with Crippen LogP contribution in [0.25, 0.3) is 0 Å². The number of carbonyl (C=O) groups is 1. The van der Waals surface area contributed by atoms with Crippen molar-refractivity contribution in [2.24, 2.45) is 4.99 Å². The van der Waals surface area contributed by atoms with Gasteiger partial charge in [-0.15, -0.1) is 41.9 Å². The smallest absolute Gasteiger partial charge is 0.243 e. The lowest BCUT2D eigenvalue weighted by Gasteiger charge is -2.33. The van der Waals surface area contributed by atoms with E-state index in [9.17, 15) is 4.79 Å². The van der Waals surface area contributed by atoms with E-state index >= 15 is 0 Å². The van der Waals surface area contributed by atoms with Crippen molar-refractivity contribution in [2.75, 3.05) is 45.2 Å². The second-order valence-corrected chi connectivity index (χ2v) is 6.91. The molecule has 0 unspecified atom stereocenters. The molecule has 2 rings (SSSR count). The van der Waals surface area contributed by atoms with Gasteiger partial charge in [0.05, 0.1) is 5.00 Å². The number of thiophene rings is 1. The summed E-state index contributed by atoms with van der Waals surface area (Å²) in [6.45, 7) is 6.55. The zero-order valence-corrected chi connectivity index (χ0v) is 18.0. The number of piperidine rings is 1. The van der Waals surface area contributed by atoms with Gasteiger partial charge in [-0.25, -0.2) is 4.99 Å². The van der Waals surface area contributed by atoms with Gasteiger partial charge in [0.25, 0.3) is 0 Å². The molecule has 0 aliphatic carbocycles. The average Bonchev–Trinajstić information content (AvgIpc) is 3.12. The Balaban J connectivity index is 0.00000312. The van der Waals surface area contributed by atoms with E-state index in [4.69, 9.17) is 0 Å². The van der Waals surface area contributed by atoms with Crippen molar-refractivity contribution in [3.63, 3.8) is 0 Å². The standard InChI is InChI=1S/C17H27N5OS.HI/c1-4-9-18-17(19-13-15(23)21(2)3)20-14-7-10-22(11-8-14)16-6-5-12-24-16;/h4-6,12,14H,1,7-11,13H2,2-3H3,(H2,18,19,20);1H. The van der Waals surface area contributed by atoms with Gasteiger partial charge in [-0.2, -0.15) is 0 Å². The lowest BCUT2D eigenvalue weighted by molar-refractivity contribution is -0.127. The van der Waals surface area contributed by atoms with E-state index in [0.717, 1.165) is 25.9 Å². The number of hydrogen-bond donors (Lipinski definition) is 2. The van der Waals surface area contributed by atoms with Crippen molar-refractivity contribution >= 4 is 52.2 Å². The minimum atomic E-state index is -0.0118. The number of hydrogen-bond acceptors (Lipinski definition) is 4. The van der Waals surface area contributed by atoms with Gasteiger partial charge in [0.1, 0.15) is 6.54 Å². The van der Waals surface area contributed by atoms with Crippen molar-refractivity contribution in [2.45, 2.75) is 18.9 Å². The summed E-state index contributed by atoms with van der Waals surface area (Å²) in [5, 5.41) is 10.1. The number of aliphatic imine (C=N–C) groups is 1. The lowest BCUT2D eigenvalue weighted by Crippen LogP contribution is -2.49. The average molecular weight is 477 g/mol. The van der Waals surface area contributed by atoms with Crippen LogP contribution >= 0.6 is 35.3 Å². The molecule has 6 nitrogen and oxygen atoms in total. The summed E-state index contributed by atoms with van der Waals surface area (Å²) in [7, 11) is 3.48. The van der Waals surface area contributed by atoms with E-state index in [-0.39, 0.29) is 36.4 Å². The summed E-state index contributed by atoms with van der Waals surface area (Å²) in [6, 6.07) is 4.63. The zero-order chi connectivity index (χ0) is 17.4. The largest absolute Gasteiger partial charge is 0.363 e. The van der Waals surface area contributed by atoms with Gasteiger partial charge in [0.15, 0.2) is 5.96 Å². The Morgan fingerprint density at radius 3 is 2.76 bits per heavy atom. The van der Waals surface area contributed by atoms with Gasteiger partial charge < -0.3 is 20.4 Å². The monoisotopic (exact) mass is 477 g/mol. The quantitative estimate of drug-likeness (QED) is 0.285. The first-order valence-corrected chi connectivity index (χ1v) is 9.12. The summed E-state index contributed by atoms with van der Waals surface area (Å²) in [4.78, 5) is 20.1. The summed E-state index contributed by atoms with van der Waals surface area (Å²) in [6.07, 6.45) is 3.88. The molecular weight excluding hydrogens is 449 g/mol. The number of amides is 1. The normalized spacial score (nSPS) is 15.3. The fourth-order valence-electron chi connectivity index (χ4n) is 2.50. The first-order valence-electron chi connectivity index (χ1n) is 8.24. The molecule has 0 atom stereocenters. The molecule has 2 heterocycles. The molecular formula is C17H28IN5OS. The maximum Gasteiger partial charge on any atom is 0.243 e. The number of rotatable bonds is 6. The summed E-state index contributed by atoms with van der Waals surface area (Å²) in [5.41, 5.74) is 0. The van der Waals surface area contributed by atoms with Crippen LogP contribution in [0, 0.1) is 0 Å². The molecule has 140 valence electrons. The number of nitrogens with zero attached hydrogens (tertiary/aromatic N) is 3. The van der Waals surface area contributed by atoms with Gasteiger partial charge in [-0.05, 0) is 30.4 Å². The third-order valence-corrected chi connectivity index (χ3v) is 4.87. The maximum atomic E-state index is 11.7. The van der Waals surface area contributed by atoms with E-state index in [1.165, 1.54) is 5.00 Å². The molecule has 8 heteroatoms. The zero-order valence-electron chi connectivity index (χ0n) is 14.9. The Labute approximate surface area is 171 Å². The Kier molecular flexibility index (Phi) is 9.88. The first-order chi connectivity index (χ1) is 11.6. The molecule has 0 radical (unpaired) electrons. The van der Waals surface area contributed by atoms with Crippen LogP contribution in [-0.4, -0.2) is 63.1 Å². The molecule has 1 saturated heterocycles. The molecule has 1 amide bonds. The van der Waals surface area contributed by atoms with E-state index in [2.05, 4.69) is 44.6 Å². The van der Waals surface area contributed by atoms with Gasteiger partial charge in [0.2, 0.25) is 5.91 Å². The van der Waals surface area contributed by atoms with Crippen LogP contribution in [0.4, 0.5) is 5.00 Å². The van der Waals surface area contributed by atoms with Crippen LogP contribution in [0.15, 0.2) is 35.2 Å². The molecule has 1 aromatic rings. The van der Waals surface area contributed by atoms with Crippen LogP contribution in [0.5, 0.6) is 0 Å². The number of guanidine groups is 1. The summed E-state index contributed by atoms with van der Waals surface area (Å²) >= 11 is 1.79. The third-order valence-electron chi connectivity index (χ3n) is 3.94. The fourth-order valence-corrected chi connectivity index (χ4v) is 3.28. The van der Waals surface area contributed by atoms with E-state index in [1.54, 1.807) is 36.4 Å². The first kappa shape index (κ1) is 21.8. The number of anilines is 1. The second-order valence-electron chi connectivity index (χ2n) is 5.98. The molecule has 1 aliphatic rings. The van der Waals surface area contributed by atoms with Crippen molar-refractivity contribution in [1.29, 1.82) is 0 Å². The van der Waals surface area contributed by atoms with Crippen molar-refractivity contribution in [3.05, 3.63) is 30.2 Å². The molecule has 0 saturated carbocycles. The van der Waals surface area contributed by atoms with Crippen molar-refractivity contribution in [1.82, 2.24) is 15.5 Å². The highest BCUT2D eigenvalue weighted by atomic mass is 127. The molecule has 25 heavy (non-hydrogen) atoms. The van der Waals surface area contributed by atoms with Crippen LogP contribution in [0.1, 0.15) is 12.8 Å². The number of carbonyl (C=O) groups excluding carboxylic acids is 1. The third kappa shape index (κ3) is 7.23. The SMILES string of the molecule is C=CCNC(=NCC(=O)N(C)C)NC1CCN(c2cccs2)CC1.I. The van der Waals surface area contributed by atoms with Gasteiger partial charge in [-0.1, -0.05) is 6.08 Å². The maximum absolute atomic E-state index is 11.7. The van der Waals surface area contributed by atoms with E-state index in [0.29, 0.717) is 18.5 Å². The van der Waals surface area contributed by atoms with Crippen molar-refractivity contribution in [3.8, 4) is 0 Å². The Bertz CT molecular complexity index is 553. The lowest BCUT2D eigenvalue weighted by atomic mass is 10.1. The summed E-state index contributed by atoms with van der Waals surface area (Å²) < 4.78 is 0. The number of nitrogens with one attached hydrogen (secondary N) is 2. The number of likely N-dealkylation sites (N-methyl/N-ethyl adjacent to an activating group) is 1. The van der Waals surface area contributed by atoms with Gasteiger partial charge in [0, 0.05) is 39.8 Å². The van der Waals surface area contributed by atoms with E-state index in [1.807, 2.05) is 0 Å². The van der Waals surface area contributed by atoms with Gasteiger partial charge in [-0.3, -0.25) is 4.79 Å². The van der Waals surface area contributed by atoms with Crippen LogP contribution in [-0.2, 0) is 4.79 Å². The molecule has 1 aliphatic heterocycles. The van der Waals surface area contributed by atoms with Crippen molar-refractivity contribution < 1.29 is 4.79 Å². The Morgan fingerprint density at radius 1 is 1.48 bits per heavy atom. The van der Waals surface area contributed by atoms with E-state index < -0.39 is 0 Å². The molecule has 1 fully saturated rings. The van der Waals surface area contributed by atoms with Crippen LogP contribution in [0.3, 0.4) is 0 Å². The predicted octanol–water partition coefficient (Wildman–Crippen LogP) is 2.14. The molecule has 0 aromatic carbocycles. The highest BCUT2D eigenvalue weighted by molar-refractivity contribution is 14.0. The second kappa shape index (κ2) is 11.3. The van der Waals surface area contributed by atoms with Gasteiger partial charge >= 0.3 is 0 Å². The summed E-state index contributed by atoms with van der Waals surface area (Å²) in [5.74, 6) is 0.668. The Morgan fingerprint density at radius 2 is 2.20 bits per heavy atom. The highest BCUT2D eigenvalue weighted by Crippen LogP contribution is 2.24.